The molecule has 2 aromatic carbocycles. The third-order valence-electron chi connectivity index (χ3n) is 4.98. The lowest BCUT2D eigenvalue weighted by Gasteiger charge is -2.36. The van der Waals surface area contributed by atoms with Crippen molar-refractivity contribution >= 4 is 17.8 Å². The Morgan fingerprint density at radius 1 is 0.929 bits per heavy atom. The molecule has 3 rings (SSSR count). The van der Waals surface area contributed by atoms with E-state index in [2.05, 4.69) is 10.6 Å². The number of hydrogen-bond acceptors (Lipinski definition) is 3. The van der Waals surface area contributed by atoms with Crippen molar-refractivity contribution in [1.29, 1.82) is 0 Å². The largest absolute Gasteiger partial charge is 0.341 e. The molecule has 2 aromatic rings. The van der Waals surface area contributed by atoms with Crippen LogP contribution in [0.3, 0.4) is 0 Å². The Labute approximate surface area is 164 Å². The summed E-state index contributed by atoms with van der Waals surface area (Å²) in [6, 6.07) is 17.6. The molecule has 3 N–H and O–H groups in total. The fourth-order valence-corrected chi connectivity index (χ4v) is 3.51. The zero-order valence-corrected chi connectivity index (χ0v) is 15.9. The van der Waals surface area contributed by atoms with E-state index in [1.807, 2.05) is 65.6 Å². The molecular formula is C21H25N4O3+. The van der Waals surface area contributed by atoms with E-state index in [4.69, 9.17) is 0 Å². The van der Waals surface area contributed by atoms with E-state index in [0.29, 0.717) is 31.7 Å². The van der Waals surface area contributed by atoms with Gasteiger partial charge in [-0.15, -0.1) is 0 Å². The number of carbonyl (C=O) groups excluding carboxylic acids is 3. The summed E-state index contributed by atoms with van der Waals surface area (Å²) in [7, 11) is 1.47. The molecule has 1 fully saturated rings. The van der Waals surface area contributed by atoms with Crippen molar-refractivity contribution in [3.8, 4) is 0 Å². The van der Waals surface area contributed by atoms with Crippen LogP contribution in [0.1, 0.15) is 22.0 Å². The van der Waals surface area contributed by atoms with E-state index in [-0.39, 0.29) is 11.8 Å². The van der Waals surface area contributed by atoms with Crippen molar-refractivity contribution in [3.63, 3.8) is 0 Å². The van der Waals surface area contributed by atoms with Crippen molar-refractivity contribution in [2.75, 3.05) is 33.2 Å². The maximum Gasteiger partial charge on any atom is 0.321 e. The SMILES string of the molecule is CNC(=O)NC(=O)[C@H](c1ccccc1)[NH+]1CCN(C(=O)c2ccccc2)CC1. The number of imide groups is 1. The van der Waals surface area contributed by atoms with Gasteiger partial charge >= 0.3 is 6.03 Å². The molecule has 0 unspecified atom stereocenters. The Bertz CT molecular complexity index is 818. The number of piperazine rings is 1. The molecule has 1 heterocycles. The predicted molar refractivity (Wildman–Crippen MR) is 105 cm³/mol. The Morgan fingerprint density at radius 3 is 2.07 bits per heavy atom. The number of carbonyl (C=O) groups is 3. The lowest BCUT2D eigenvalue weighted by atomic mass is 10.0. The van der Waals surface area contributed by atoms with Gasteiger partial charge in [-0.05, 0) is 12.1 Å². The van der Waals surface area contributed by atoms with Gasteiger partial charge < -0.3 is 15.1 Å². The van der Waals surface area contributed by atoms with Crippen LogP contribution in [0.4, 0.5) is 4.79 Å². The first-order valence-electron chi connectivity index (χ1n) is 9.36. The molecule has 146 valence electrons. The summed E-state index contributed by atoms with van der Waals surface area (Å²) in [4.78, 5) is 39.9. The van der Waals surface area contributed by atoms with Gasteiger partial charge in [0.1, 0.15) is 0 Å². The highest BCUT2D eigenvalue weighted by molar-refractivity contribution is 5.96. The van der Waals surface area contributed by atoms with Gasteiger partial charge in [0, 0.05) is 18.2 Å². The van der Waals surface area contributed by atoms with E-state index >= 15 is 0 Å². The van der Waals surface area contributed by atoms with Crippen LogP contribution in [0.2, 0.25) is 0 Å². The van der Waals surface area contributed by atoms with E-state index in [0.717, 1.165) is 10.5 Å². The molecule has 1 aliphatic rings. The van der Waals surface area contributed by atoms with Gasteiger partial charge in [0.15, 0.2) is 6.04 Å². The van der Waals surface area contributed by atoms with Crippen molar-refractivity contribution in [3.05, 3.63) is 71.8 Å². The van der Waals surface area contributed by atoms with Crippen LogP contribution in [0.15, 0.2) is 60.7 Å². The predicted octanol–water partition coefficient (Wildman–Crippen LogP) is 0.224. The maximum absolute atomic E-state index is 12.8. The number of urea groups is 1. The number of quaternary nitrogens is 1. The minimum Gasteiger partial charge on any atom is -0.341 e. The highest BCUT2D eigenvalue weighted by Crippen LogP contribution is 2.11. The van der Waals surface area contributed by atoms with Gasteiger partial charge in [0.05, 0.1) is 26.2 Å². The van der Waals surface area contributed by atoms with Crippen LogP contribution in [0.25, 0.3) is 0 Å². The lowest BCUT2D eigenvalue weighted by molar-refractivity contribution is -0.925. The molecule has 7 nitrogen and oxygen atoms in total. The average Bonchev–Trinajstić information content (AvgIpc) is 2.75. The summed E-state index contributed by atoms with van der Waals surface area (Å²) in [6.45, 7) is 2.36. The summed E-state index contributed by atoms with van der Waals surface area (Å²) < 4.78 is 0. The summed E-state index contributed by atoms with van der Waals surface area (Å²) >= 11 is 0. The van der Waals surface area contributed by atoms with Crippen molar-refractivity contribution in [2.24, 2.45) is 0 Å². The maximum atomic E-state index is 12.8. The molecule has 4 amide bonds. The third kappa shape index (κ3) is 4.55. The molecule has 1 aliphatic heterocycles. The average molecular weight is 381 g/mol. The molecule has 7 heteroatoms. The normalized spacial score (nSPS) is 15.5. The first kappa shape index (κ1) is 19.6. The molecule has 28 heavy (non-hydrogen) atoms. The standard InChI is InChI=1S/C21H24N4O3/c1-22-21(28)23-19(26)18(16-8-4-2-5-9-16)24-12-14-25(15-13-24)20(27)17-10-6-3-7-11-17/h2-11,18H,12-15H2,1H3,(H2,22,23,26,28)/p+1/t18-/m0/s1. The summed E-state index contributed by atoms with van der Waals surface area (Å²) in [5.41, 5.74) is 1.52. The van der Waals surface area contributed by atoms with Gasteiger partial charge in [-0.25, -0.2) is 4.79 Å². The van der Waals surface area contributed by atoms with E-state index in [1.165, 1.54) is 7.05 Å². The molecule has 0 aliphatic carbocycles. The number of nitrogens with one attached hydrogen (secondary N) is 3. The van der Waals surface area contributed by atoms with Crippen LogP contribution in [-0.4, -0.2) is 56.0 Å². The van der Waals surface area contributed by atoms with E-state index < -0.39 is 12.1 Å². The highest BCUT2D eigenvalue weighted by atomic mass is 16.2. The topological polar surface area (TPSA) is 82.9 Å². The van der Waals surface area contributed by atoms with Gasteiger partial charge in [0.25, 0.3) is 11.8 Å². The van der Waals surface area contributed by atoms with Crippen LogP contribution in [0, 0.1) is 0 Å². The number of nitrogens with zero attached hydrogens (tertiary/aromatic N) is 1. The van der Waals surface area contributed by atoms with Gasteiger partial charge in [-0.3, -0.25) is 14.9 Å². The molecule has 1 atom stereocenters. The second kappa shape index (κ2) is 9.14. The van der Waals surface area contributed by atoms with E-state index in [9.17, 15) is 14.4 Å². The minimum absolute atomic E-state index is 0.00530. The second-order valence-corrected chi connectivity index (χ2v) is 6.73. The van der Waals surface area contributed by atoms with Gasteiger partial charge in [-0.1, -0.05) is 48.5 Å². The van der Waals surface area contributed by atoms with E-state index in [1.54, 1.807) is 0 Å². The lowest BCUT2D eigenvalue weighted by Crippen LogP contribution is -3.16. The molecule has 0 bridgehead atoms. The van der Waals surface area contributed by atoms with Crippen molar-refractivity contribution in [1.82, 2.24) is 15.5 Å². The van der Waals surface area contributed by atoms with Crippen LogP contribution < -0.4 is 15.5 Å². The van der Waals surface area contributed by atoms with Crippen LogP contribution >= 0.6 is 0 Å². The molecule has 1 saturated heterocycles. The molecular weight excluding hydrogens is 356 g/mol. The Hall–Kier alpha value is -3.19. The molecule has 0 saturated carbocycles. The summed E-state index contributed by atoms with van der Waals surface area (Å²) in [5.74, 6) is -0.339. The van der Waals surface area contributed by atoms with Crippen molar-refractivity contribution in [2.45, 2.75) is 6.04 Å². The fourth-order valence-electron chi connectivity index (χ4n) is 3.51. The molecule has 0 aromatic heterocycles. The third-order valence-corrected chi connectivity index (χ3v) is 4.98. The monoisotopic (exact) mass is 381 g/mol. The Balaban J connectivity index is 1.71. The number of rotatable bonds is 4. The zero-order chi connectivity index (χ0) is 19.9. The van der Waals surface area contributed by atoms with Gasteiger partial charge in [0.2, 0.25) is 0 Å². The second-order valence-electron chi connectivity index (χ2n) is 6.73. The van der Waals surface area contributed by atoms with Gasteiger partial charge in [-0.2, -0.15) is 0 Å². The molecule has 0 spiro atoms. The Kier molecular flexibility index (Phi) is 6.39. The zero-order valence-electron chi connectivity index (χ0n) is 15.9. The Morgan fingerprint density at radius 2 is 1.50 bits per heavy atom. The fraction of sp³-hybridized carbons (Fsp3) is 0.286. The number of benzene rings is 2. The number of amides is 4. The quantitative estimate of drug-likeness (QED) is 0.709. The first-order chi connectivity index (χ1) is 13.6. The van der Waals surface area contributed by atoms with Crippen LogP contribution in [0.5, 0.6) is 0 Å². The smallest absolute Gasteiger partial charge is 0.321 e. The summed E-state index contributed by atoms with van der Waals surface area (Å²) in [5, 5.41) is 4.81. The molecule has 0 radical (unpaired) electrons. The summed E-state index contributed by atoms with van der Waals surface area (Å²) in [6.07, 6.45) is 0. The first-order valence-corrected chi connectivity index (χ1v) is 9.36. The minimum atomic E-state index is -0.525. The van der Waals surface area contributed by atoms with Crippen LogP contribution in [-0.2, 0) is 4.79 Å². The highest BCUT2D eigenvalue weighted by Gasteiger charge is 2.35. The van der Waals surface area contributed by atoms with Crippen molar-refractivity contribution < 1.29 is 19.3 Å². The number of hydrogen-bond donors (Lipinski definition) is 3.